The standard InChI is InChI=1S/C7H16NO2/c1-5-7(3,6-2)8(9)10-4/h5-6H2,1-4H3/q-1. The van der Waals surface area contributed by atoms with Gasteiger partial charge < -0.3 is 10.0 Å². The molecule has 0 heterocycles. The van der Waals surface area contributed by atoms with Gasteiger partial charge in [0.1, 0.15) is 0 Å². The van der Waals surface area contributed by atoms with E-state index in [0.717, 1.165) is 12.8 Å². The summed E-state index contributed by atoms with van der Waals surface area (Å²) in [5, 5.41) is 11.7. The van der Waals surface area contributed by atoms with Gasteiger partial charge in [-0.05, 0) is 19.8 Å². The zero-order chi connectivity index (χ0) is 8.20. The van der Waals surface area contributed by atoms with Crippen LogP contribution in [0.2, 0.25) is 0 Å². The first-order valence-corrected chi connectivity index (χ1v) is 3.62. The summed E-state index contributed by atoms with van der Waals surface area (Å²) >= 11 is 0. The maximum Gasteiger partial charge on any atom is 0.0563 e. The summed E-state index contributed by atoms with van der Waals surface area (Å²) in [4.78, 5) is 4.57. The van der Waals surface area contributed by atoms with Crippen molar-refractivity contribution in [2.45, 2.75) is 39.2 Å². The molecule has 0 aliphatic carbocycles. The number of hydrogen-bond acceptors (Lipinski definition) is 3. The lowest BCUT2D eigenvalue weighted by molar-refractivity contribution is -0.160. The molecule has 0 unspecified atom stereocenters. The van der Waals surface area contributed by atoms with Gasteiger partial charge in [-0.15, -0.1) is 0 Å². The second-order valence-corrected chi connectivity index (χ2v) is 2.64. The maximum atomic E-state index is 11.0. The fourth-order valence-electron chi connectivity index (χ4n) is 0.729. The Kier molecular flexibility index (Phi) is 3.86. The van der Waals surface area contributed by atoms with Gasteiger partial charge in [0, 0.05) is 5.54 Å². The molecule has 0 N–H and O–H groups in total. The Morgan fingerprint density at radius 1 is 1.40 bits per heavy atom. The van der Waals surface area contributed by atoms with Crippen molar-refractivity contribution in [3.63, 3.8) is 0 Å². The lowest BCUT2D eigenvalue weighted by atomic mass is 9.97. The Hall–Kier alpha value is -0.120. The van der Waals surface area contributed by atoms with Crippen molar-refractivity contribution in [2.75, 3.05) is 7.11 Å². The predicted octanol–water partition coefficient (Wildman–Crippen LogP) is 1.93. The molecule has 0 aromatic heterocycles. The molecular formula is C7H16NO2-. The maximum absolute atomic E-state index is 11.0. The first kappa shape index (κ1) is 9.88. The second-order valence-electron chi connectivity index (χ2n) is 2.64. The van der Waals surface area contributed by atoms with Crippen molar-refractivity contribution in [3.05, 3.63) is 5.21 Å². The molecule has 10 heavy (non-hydrogen) atoms. The van der Waals surface area contributed by atoms with Gasteiger partial charge in [0.2, 0.25) is 0 Å². The van der Waals surface area contributed by atoms with Gasteiger partial charge in [0.15, 0.2) is 0 Å². The highest BCUT2D eigenvalue weighted by atomic mass is 16.9. The van der Waals surface area contributed by atoms with Gasteiger partial charge in [-0.25, -0.2) is 0 Å². The first-order valence-electron chi connectivity index (χ1n) is 3.62. The van der Waals surface area contributed by atoms with E-state index in [1.165, 1.54) is 7.11 Å². The van der Waals surface area contributed by atoms with Crippen molar-refractivity contribution in [2.24, 2.45) is 0 Å². The summed E-state index contributed by atoms with van der Waals surface area (Å²) in [6, 6.07) is 0. The fraction of sp³-hybridized carbons (Fsp3) is 1.00. The molecule has 0 atom stereocenters. The molecule has 3 nitrogen and oxygen atoms in total. The van der Waals surface area contributed by atoms with Gasteiger partial charge in [0.25, 0.3) is 0 Å². The molecule has 0 amide bonds. The Morgan fingerprint density at radius 2 is 1.80 bits per heavy atom. The summed E-state index contributed by atoms with van der Waals surface area (Å²) in [5.74, 6) is 0. The van der Waals surface area contributed by atoms with E-state index >= 15 is 0 Å². The van der Waals surface area contributed by atoms with Gasteiger partial charge >= 0.3 is 0 Å². The minimum atomic E-state index is -0.352. The quantitative estimate of drug-likeness (QED) is 0.568. The molecule has 62 valence electrons. The highest BCUT2D eigenvalue weighted by Crippen LogP contribution is 2.21. The molecule has 0 bridgehead atoms. The van der Waals surface area contributed by atoms with Gasteiger partial charge in [-0.2, -0.15) is 0 Å². The van der Waals surface area contributed by atoms with Crippen LogP contribution >= 0.6 is 0 Å². The summed E-state index contributed by atoms with van der Waals surface area (Å²) < 4.78 is 0. The topological polar surface area (TPSA) is 35.5 Å². The van der Waals surface area contributed by atoms with E-state index in [1.807, 2.05) is 20.8 Å². The van der Waals surface area contributed by atoms with Crippen LogP contribution in [0.5, 0.6) is 0 Å². The van der Waals surface area contributed by atoms with E-state index in [0.29, 0.717) is 5.23 Å². The third kappa shape index (κ3) is 1.94. The van der Waals surface area contributed by atoms with Crippen molar-refractivity contribution >= 4 is 0 Å². The third-order valence-electron chi connectivity index (χ3n) is 2.13. The molecule has 0 spiro atoms. The molecule has 0 aliphatic heterocycles. The van der Waals surface area contributed by atoms with E-state index in [1.54, 1.807) is 0 Å². The summed E-state index contributed by atoms with van der Waals surface area (Å²) in [6.45, 7) is 5.85. The molecule has 0 fully saturated rings. The molecular weight excluding hydrogens is 130 g/mol. The Labute approximate surface area is 62.5 Å². The average Bonchev–Trinajstić information content (AvgIpc) is 2.01. The second kappa shape index (κ2) is 3.91. The van der Waals surface area contributed by atoms with Crippen molar-refractivity contribution in [1.29, 1.82) is 0 Å². The fourth-order valence-corrected chi connectivity index (χ4v) is 0.729. The highest BCUT2D eigenvalue weighted by Gasteiger charge is 2.21. The summed E-state index contributed by atoms with van der Waals surface area (Å²) in [6.07, 6.45) is 1.61. The molecule has 0 aromatic carbocycles. The Morgan fingerprint density at radius 3 is 1.90 bits per heavy atom. The number of hydrogen-bond donors (Lipinski definition) is 0. The third-order valence-corrected chi connectivity index (χ3v) is 2.13. The lowest BCUT2D eigenvalue weighted by Gasteiger charge is -2.42. The van der Waals surface area contributed by atoms with E-state index in [9.17, 15) is 5.21 Å². The smallest absolute Gasteiger partial charge is 0.0563 e. The van der Waals surface area contributed by atoms with Crippen LogP contribution in [-0.4, -0.2) is 17.9 Å². The first-order chi connectivity index (χ1) is 4.60. The zero-order valence-corrected chi connectivity index (χ0v) is 7.18. The van der Waals surface area contributed by atoms with Crippen LogP contribution in [0.25, 0.3) is 0 Å². The van der Waals surface area contributed by atoms with E-state index in [-0.39, 0.29) is 5.54 Å². The van der Waals surface area contributed by atoms with Gasteiger partial charge in [-0.1, -0.05) is 13.8 Å². The van der Waals surface area contributed by atoms with Crippen LogP contribution in [0.1, 0.15) is 33.6 Å². The largest absolute Gasteiger partial charge is 0.762 e. The average molecular weight is 146 g/mol. The monoisotopic (exact) mass is 146 g/mol. The summed E-state index contributed by atoms with van der Waals surface area (Å²) in [7, 11) is 1.40. The molecule has 3 heteroatoms. The van der Waals surface area contributed by atoms with Crippen LogP contribution in [0.15, 0.2) is 0 Å². The van der Waals surface area contributed by atoms with Crippen LogP contribution in [0, 0.1) is 5.21 Å². The normalized spacial score (nSPS) is 12.6. The minimum absolute atomic E-state index is 0.352. The Bertz CT molecular complexity index is 91.6. The van der Waals surface area contributed by atoms with Crippen LogP contribution < -0.4 is 0 Å². The zero-order valence-electron chi connectivity index (χ0n) is 7.18. The van der Waals surface area contributed by atoms with E-state index in [4.69, 9.17) is 0 Å². The number of rotatable bonds is 4. The molecule has 0 saturated heterocycles. The van der Waals surface area contributed by atoms with Crippen molar-refractivity contribution in [1.82, 2.24) is 5.23 Å². The summed E-state index contributed by atoms with van der Waals surface area (Å²) in [5.41, 5.74) is -0.352. The molecule has 0 aliphatic rings. The van der Waals surface area contributed by atoms with Crippen LogP contribution in [0.3, 0.4) is 0 Å². The predicted molar refractivity (Wildman–Crippen MR) is 41.2 cm³/mol. The lowest BCUT2D eigenvalue weighted by Crippen LogP contribution is -2.40. The molecule has 0 radical (unpaired) electrons. The Balaban J connectivity index is 4.02. The molecule has 0 rings (SSSR count). The minimum Gasteiger partial charge on any atom is -0.762 e. The van der Waals surface area contributed by atoms with E-state index in [2.05, 4.69) is 4.84 Å². The van der Waals surface area contributed by atoms with Crippen LogP contribution in [0.4, 0.5) is 0 Å². The number of nitrogens with zero attached hydrogens (tertiary/aromatic N) is 1. The van der Waals surface area contributed by atoms with Gasteiger partial charge in [0.05, 0.1) is 7.11 Å². The number of hydroxylamine groups is 2. The molecule has 0 saturated carbocycles. The SMILES string of the molecule is CCC(C)(CC)N([O-])OC. The van der Waals surface area contributed by atoms with Crippen LogP contribution in [-0.2, 0) is 4.84 Å². The van der Waals surface area contributed by atoms with E-state index < -0.39 is 0 Å². The van der Waals surface area contributed by atoms with Crippen molar-refractivity contribution < 1.29 is 4.84 Å². The van der Waals surface area contributed by atoms with Gasteiger partial charge in [-0.3, -0.25) is 5.23 Å². The van der Waals surface area contributed by atoms with Crippen molar-refractivity contribution in [3.8, 4) is 0 Å². The highest BCUT2D eigenvalue weighted by molar-refractivity contribution is 4.78. The molecule has 0 aromatic rings.